The highest BCUT2D eigenvalue weighted by Gasteiger charge is 2.30. The van der Waals surface area contributed by atoms with Crippen LogP contribution in [0.15, 0.2) is 30.3 Å². The van der Waals surface area contributed by atoms with Crippen molar-refractivity contribution in [1.29, 1.82) is 0 Å². The van der Waals surface area contributed by atoms with E-state index >= 15 is 0 Å². The average Bonchev–Trinajstić information content (AvgIpc) is 2.63. The van der Waals surface area contributed by atoms with E-state index in [4.69, 9.17) is 0 Å². The first-order valence-corrected chi connectivity index (χ1v) is 10.9. The Hall–Kier alpha value is -1.40. The molecule has 0 spiro atoms. The summed E-state index contributed by atoms with van der Waals surface area (Å²) < 4.78 is 26.6. The molecule has 1 saturated heterocycles. The SMILES string of the molecule is CCC(CC)C(=O)N1CCN(S(=O)(=O)CCCc2ccccc2)CC1. The molecule has 6 heteroatoms. The molecule has 1 aliphatic rings. The van der Waals surface area contributed by atoms with Gasteiger partial charge in [-0.1, -0.05) is 44.2 Å². The molecule has 1 heterocycles. The minimum Gasteiger partial charge on any atom is -0.340 e. The zero-order valence-corrected chi connectivity index (χ0v) is 16.2. The maximum Gasteiger partial charge on any atom is 0.225 e. The molecule has 25 heavy (non-hydrogen) atoms. The Morgan fingerprint density at radius 1 is 1.04 bits per heavy atom. The third-order valence-electron chi connectivity index (χ3n) is 4.99. The van der Waals surface area contributed by atoms with E-state index in [1.807, 2.05) is 49.1 Å². The number of hydrogen-bond donors (Lipinski definition) is 0. The van der Waals surface area contributed by atoms with Gasteiger partial charge >= 0.3 is 0 Å². The minimum absolute atomic E-state index is 0.0639. The van der Waals surface area contributed by atoms with Crippen LogP contribution in [0.2, 0.25) is 0 Å². The van der Waals surface area contributed by atoms with Crippen molar-refractivity contribution in [3.63, 3.8) is 0 Å². The summed E-state index contributed by atoms with van der Waals surface area (Å²) in [5.74, 6) is 0.405. The van der Waals surface area contributed by atoms with Crippen molar-refractivity contribution in [2.75, 3.05) is 31.9 Å². The molecule has 0 N–H and O–H groups in total. The fourth-order valence-corrected chi connectivity index (χ4v) is 4.80. The molecule has 2 rings (SSSR count). The van der Waals surface area contributed by atoms with Gasteiger partial charge in [0.2, 0.25) is 15.9 Å². The summed E-state index contributed by atoms with van der Waals surface area (Å²) in [5.41, 5.74) is 1.17. The van der Waals surface area contributed by atoms with Crippen LogP contribution in [-0.2, 0) is 21.2 Å². The molecular weight excluding hydrogens is 336 g/mol. The van der Waals surface area contributed by atoms with Gasteiger partial charge in [-0.05, 0) is 31.2 Å². The van der Waals surface area contributed by atoms with Crippen molar-refractivity contribution >= 4 is 15.9 Å². The Labute approximate surface area is 152 Å². The molecule has 0 atom stereocenters. The average molecular weight is 367 g/mol. The van der Waals surface area contributed by atoms with Crippen LogP contribution in [0.1, 0.15) is 38.7 Å². The van der Waals surface area contributed by atoms with Gasteiger partial charge in [0, 0.05) is 32.1 Å². The van der Waals surface area contributed by atoms with E-state index in [1.165, 1.54) is 5.56 Å². The van der Waals surface area contributed by atoms with Crippen molar-refractivity contribution in [3.8, 4) is 0 Å². The normalized spacial score (nSPS) is 16.4. The third kappa shape index (κ3) is 5.54. The number of rotatable bonds is 8. The van der Waals surface area contributed by atoms with Gasteiger partial charge in [0.05, 0.1) is 5.75 Å². The van der Waals surface area contributed by atoms with Crippen molar-refractivity contribution in [2.45, 2.75) is 39.5 Å². The summed E-state index contributed by atoms with van der Waals surface area (Å²) in [6.07, 6.45) is 3.08. The molecular formula is C19H30N2O3S. The highest BCUT2D eigenvalue weighted by Crippen LogP contribution is 2.16. The second-order valence-corrected chi connectivity index (χ2v) is 8.73. The second kappa shape index (κ2) is 9.34. The number of carbonyl (C=O) groups is 1. The molecule has 1 aromatic carbocycles. The van der Waals surface area contributed by atoms with Crippen LogP contribution in [-0.4, -0.2) is 55.5 Å². The molecule has 1 aromatic rings. The highest BCUT2D eigenvalue weighted by molar-refractivity contribution is 7.89. The summed E-state index contributed by atoms with van der Waals surface area (Å²) in [5, 5.41) is 0. The lowest BCUT2D eigenvalue weighted by molar-refractivity contribution is -0.136. The van der Waals surface area contributed by atoms with Crippen LogP contribution in [0.25, 0.3) is 0 Å². The first-order valence-electron chi connectivity index (χ1n) is 9.28. The Morgan fingerprint density at radius 2 is 1.64 bits per heavy atom. The number of piperazine rings is 1. The number of sulfonamides is 1. The van der Waals surface area contributed by atoms with E-state index in [0.717, 1.165) is 19.3 Å². The summed E-state index contributed by atoms with van der Waals surface area (Å²) >= 11 is 0. The third-order valence-corrected chi connectivity index (χ3v) is 6.95. The monoisotopic (exact) mass is 366 g/mol. The number of amides is 1. The molecule has 0 saturated carbocycles. The molecule has 0 unspecified atom stereocenters. The molecule has 1 aliphatic heterocycles. The summed E-state index contributed by atoms with van der Waals surface area (Å²) in [4.78, 5) is 14.2. The summed E-state index contributed by atoms with van der Waals surface area (Å²) in [7, 11) is -3.24. The highest BCUT2D eigenvalue weighted by atomic mass is 32.2. The van der Waals surface area contributed by atoms with Crippen molar-refractivity contribution in [3.05, 3.63) is 35.9 Å². The van der Waals surface area contributed by atoms with Crippen molar-refractivity contribution in [1.82, 2.24) is 9.21 Å². The first-order chi connectivity index (χ1) is 12.0. The van der Waals surface area contributed by atoms with Gasteiger partial charge in [0.25, 0.3) is 0 Å². The van der Waals surface area contributed by atoms with Crippen molar-refractivity contribution in [2.24, 2.45) is 5.92 Å². The van der Waals surface area contributed by atoms with E-state index in [1.54, 1.807) is 4.31 Å². The van der Waals surface area contributed by atoms with Gasteiger partial charge in [0.15, 0.2) is 0 Å². The number of nitrogens with zero attached hydrogens (tertiary/aromatic N) is 2. The lowest BCUT2D eigenvalue weighted by Crippen LogP contribution is -2.52. The largest absolute Gasteiger partial charge is 0.340 e. The van der Waals surface area contributed by atoms with E-state index in [0.29, 0.717) is 32.6 Å². The van der Waals surface area contributed by atoms with E-state index < -0.39 is 10.0 Å². The van der Waals surface area contributed by atoms with Crippen molar-refractivity contribution < 1.29 is 13.2 Å². The fraction of sp³-hybridized carbons (Fsp3) is 0.632. The zero-order valence-electron chi connectivity index (χ0n) is 15.4. The lowest BCUT2D eigenvalue weighted by Gasteiger charge is -2.35. The molecule has 1 amide bonds. The van der Waals surface area contributed by atoms with E-state index in [9.17, 15) is 13.2 Å². The molecule has 0 bridgehead atoms. The quantitative estimate of drug-likeness (QED) is 0.710. The van der Waals surface area contributed by atoms with Crippen LogP contribution in [0.5, 0.6) is 0 Å². The Morgan fingerprint density at radius 3 is 2.20 bits per heavy atom. The van der Waals surface area contributed by atoms with Gasteiger partial charge in [-0.15, -0.1) is 0 Å². The molecule has 1 fully saturated rings. The number of aryl methyl sites for hydroxylation is 1. The molecule has 140 valence electrons. The van der Waals surface area contributed by atoms with Crippen LogP contribution in [0.3, 0.4) is 0 Å². The second-order valence-electron chi connectivity index (χ2n) is 6.64. The van der Waals surface area contributed by atoms with Crippen LogP contribution in [0.4, 0.5) is 0 Å². The number of hydrogen-bond acceptors (Lipinski definition) is 3. The minimum atomic E-state index is -3.24. The standard InChI is InChI=1S/C19H30N2O3S/c1-3-18(4-2)19(22)20-12-14-21(15-13-20)25(23,24)16-8-11-17-9-6-5-7-10-17/h5-7,9-10,18H,3-4,8,11-16H2,1-2H3. The topological polar surface area (TPSA) is 57.7 Å². The predicted octanol–water partition coefficient (Wildman–Crippen LogP) is 2.53. The smallest absolute Gasteiger partial charge is 0.225 e. The number of benzene rings is 1. The number of carbonyl (C=O) groups excluding carboxylic acids is 1. The molecule has 0 radical (unpaired) electrons. The predicted molar refractivity (Wildman–Crippen MR) is 101 cm³/mol. The van der Waals surface area contributed by atoms with Crippen LogP contribution < -0.4 is 0 Å². The maximum absolute atomic E-state index is 12.5. The summed E-state index contributed by atoms with van der Waals surface area (Å²) in [6.45, 7) is 5.90. The molecule has 0 aliphatic carbocycles. The lowest BCUT2D eigenvalue weighted by atomic mass is 10.0. The first kappa shape index (κ1) is 19.9. The Kier molecular flexibility index (Phi) is 7.44. The van der Waals surface area contributed by atoms with Gasteiger partial charge in [-0.3, -0.25) is 4.79 Å². The van der Waals surface area contributed by atoms with Crippen LogP contribution in [0, 0.1) is 5.92 Å². The Balaban J connectivity index is 1.81. The van der Waals surface area contributed by atoms with Gasteiger partial charge in [0.1, 0.15) is 0 Å². The van der Waals surface area contributed by atoms with Gasteiger partial charge < -0.3 is 4.90 Å². The van der Waals surface area contributed by atoms with E-state index in [2.05, 4.69) is 0 Å². The maximum atomic E-state index is 12.5. The molecule has 5 nitrogen and oxygen atoms in total. The van der Waals surface area contributed by atoms with Crippen LogP contribution >= 0.6 is 0 Å². The van der Waals surface area contributed by atoms with Gasteiger partial charge in [-0.2, -0.15) is 4.31 Å². The fourth-order valence-electron chi connectivity index (χ4n) is 3.32. The molecule has 0 aromatic heterocycles. The summed E-state index contributed by atoms with van der Waals surface area (Å²) in [6, 6.07) is 9.95. The zero-order chi connectivity index (χ0) is 18.3. The van der Waals surface area contributed by atoms with E-state index in [-0.39, 0.29) is 17.6 Å². The Bertz CT molecular complexity index is 634. The van der Waals surface area contributed by atoms with Gasteiger partial charge in [-0.25, -0.2) is 8.42 Å².